The van der Waals surface area contributed by atoms with Gasteiger partial charge in [-0.2, -0.15) is 4.31 Å². The summed E-state index contributed by atoms with van der Waals surface area (Å²) >= 11 is 0. The molecule has 1 aliphatic heterocycles. The Morgan fingerprint density at radius 2 is 1.82 bits per heavy atom. The van der Waals surface area contributed by atoms with E-state index in [0.29, 0.717) is 47.4 Å². The van der Waals surface area contributed by atoms with Crippen molar-refractivity contribution in [3.8, 4) is 11.5 Å². The maximum atomic E-state index is 15.4. The number of nitrogens with zero attached hydrogens (tertiary/aromatic N) is 4. The molecule has 2 N–H and O–H groups in total. The number of pyridine rings is 2. The predicted octanol–water partition coefficient (Wildman–Crippen LogP) is 7.88. The molecule has 6 atom stereocenters. The standard InChI is InChI=1S/C47H58N4O8S/c1-5-24-51(60(54,55)42-20-12-16-33-17-13-23-48-46(33)42)43-30-40(50-56-4)38-28-34(15-7-9-25-52)37(19-8-10-26-53)44-39-29-36(57-31-35-18-11-14-32(3)49-35)21-22-41(39)59-47(43,45(38)44)58-27-6-2/h6,11-14,16-18,20-23,28-29,34,37,43-45,52-53H,2,5,7-10,15,19,24-27,30-31H2,1,3-4H3/t34-,37+,43-,44+,45+,47+/m0/s1. The van der Waals surface area contributed by atoms with Crippen molar-refractivity contribution in [2.75, 3.05) is 33.5 Å². The molecule has 2 aliphatic carbocycles. The Balaban J connectivity index is 1.45. The Kier molecular flexibility index (Phi) is 14.0. The van der Waals surface area contributed by atoms with Gasteiger partial charge in [0.05, 0.1) is 35.5 Å². The van der Waals surface area contributed by atoms with E-state index in [0.717, 1.165) is 48.2 Å². The topological polar surface area (TPSA) is 153 Å². The summed E-state index contributed by atoms with van der Waals surface area (Å²) in [7, 11) is -2.74. The summed E-state index contributed by atoms with van der Waals surface area (Å²) in [6.45, 7) is 8.64. The third-order valence-electron chi connectivity index (χ3n) is 12.2. The van der Waals surface area contributed by atoms with Gasteiger partial charge < -0.3 is 29.3 Å². The number of aliphatic hydroxyl groups excluding tert-OH is 2. The Bertz CT molecular complexity index is 2290. The van der Waals surface area contributed by atoms with Crippen LogP contribution in [0.5, 0.6) is 11.5 Å². The van der Waals surface area contributed by atoms with Crippen molar-refractivity contribution in [1.82, 2.24) is 14.3 Å². The second-order valence-electron chi connectivity index (χ2n) is 16.0. The molecule has 320 valence electrons. The molecule has 1 saturated carbocycles. The third kappa shape index (κ3) is 8.60. The number of allylic oxidation sites excluding steroid dienone is 1. The number of aryl methyl sites for hydroxylation is 1. The third-order valence-corrected chi connectivity index (χ3v) is 14.1. The number of oxime groups is 1. The van der Waals surface area contributed by atoms with Crippen molar-refractivity contribution in [3.63, 3.8) is 0 Å². The van der Waals surface area contributed by atoms with Gasteiger partial charge in [-0.25, -0.2) is 8.42 Å². The molecule has 3 aliphatic rings. The van der Waals surface area contributed by atoms with Gasteiger partial charge in [-0.15, -0.1) is 6.58 Å². The molecule has 1 fully saturated rings. The summed E-state index contributed by atoms with van der Waals surface area (Å²) in [5.74, 6) is -1.02. The van der Waals surface area contributed by atoms with Crippen LogP contribution in [0.1, 0.15) is 81.2 Å². The van der Waals surface area contributed by atoms with Crippen molar-refractivity contribution < 1.29 is 37.7 Å². The molecule has 12 nitrogen and oxygen atoms in total. The zero-order chi connectivity index (χ0) is 42.3. The molecular formula is C47H58N4O8S. The smallest absolute Gasteiger partial charge is 0.245 e. The van der Waals surface area contributed by atoms with Crippen LogP contribution in [-0.4, -0.2) is 83.9 Å². The molecule has 2 aromatic heterocycles. The van der Waals surface area contributed by atoms with Crippen molar-refractivity contribution in [1.29, 1.82) is 0 Å². The molecule has 0 amide bonds. The number of unbranched alkanes of at least 4 members (excludes halogenated alkanes) is 2. The molecule has 2 aromatic carbocycles. The summed E-state index contributed by atoms with van der Waals surface area (Å²) in [5, 5.41) is 25.2. The van der Waals surface area contributed by atoms with E-state index >= 15 is 8.42 Å². The molecule has 0 saturated heterocycles. The summed E-state index contributed by atoms with van der Waals surface area (Å²) in [6.07, 6.45) is 10.7. The van der Waals surface area contributed by atoms with Crippen molar-refractivity contribution >= 4 is 26.6 Å². The molecular weight excluding hydrogens is 781 g/mol. The minimum Gasteiger partial charge on any atom is -0.487 e. The van der Waals surface area contributed by atoms with Gasteiger partial charge in [-0.1, -0.05) is 61.3 Å². The largest absolute Gasteiger partial charge is 0.487 e. The van der Waals surface area contributed by atoms with Crippen LogP contribution in [0, 0.1) is 24.7 Å². The monoisotopic (exact) mass is 838 g/mol. The van der Waals surface area contributed by atoms with E-state index < -0.39 is 27.8 Å². The van der Waals surface area contributed by atoms with Gasteiger partial charge in [0.25, 0.3) is 0 Å². The highest BCUT2D eigenvalue weighted by atomic mass is 32.2. The number of hydrogen-bond donors (Lipinski definition) is 2. The van der Waals surface area contributed by atoms with E-state index in [1.165, 1.54) is 7.11 Å². The zero-order valence-electron chi connectivity index (χ0n) is 34.9. The fraction of sp³-hybridized carbons (Fsp3) is 0.468. The van der Waals surface area contributed by atoms with E-state index in [2.05, 4.69) is 33.8 Å². The molecule has 13 heteroatoms. The van der Waals surface area contributed by atoms with Crippen LogP contribution in [0.15, 0.2) is 107 Å². The lowest BCUT2D eigenvalue weighted by atomic mass is 9.55. The minimum absolute atomic E-state index is 0.0214. The first-order valence-electron chi connectivity index (χ1n) is 21.2. The summed E-state index contributed by atoms with van der Waals surface area (Å²) < 4.78 is 53.1. The number of sulfonamides is 1. The highest BCUT2D eigenvalue weighted by Crippen LogP contribution is 2.62. The second-order valence-corrected chi connectivity index (χ2v) is 17.8. The van der Waals surface area contributed by atoms with Crippen molar-refractivity contribution in [3.05, 3.63) is 114 Å². The normalized spacial score (nSPS) is 24.1. The van der Waals surface area contributed by atoms with Crippen LogP contribution in [0.2, 0.25) is 0 Å². The van der Waals surface area contributed by atoms with Crippen LogP contribution < -0.4 is 9.47 Å². The van der Waals surface area contributed by atoms with Crippen LogP contribution >= 0.6 is 0 Å². The predicted molar refractivity (Wildman–Crippen MR) is 231 cm³/mol. The molecule has 3 heterocycles. The lowest BCUT2D eigenvalue weighted by Crippen LogP contribution is -2.70. The SMILES string of the molecule is C=CCO[C@@]12Oc3ccc(OCc4cccc(C)n4)cc3[C@H]3[C@H](CCCCO)[C@@H](CCCCO)C=C(C(=NOC)C[C@@H]1N(CCC)S(=O)(=O)c1cccc4cccnc14)[C@H]32. The van der Waals surface area contributed by atoms with Crippen molar-refractivity contribution in [2.24, 2.45) is 22.9 Å². The number of aliphatic hydroxyl groups is 2. The highest BCUT2D eigenvalue weighted by molar-refractivity contribution is 7.89. The van der Waals surface area contributed by atoms with Gasteiger partial charge in [0.1, 0.15) is 30.1 Å². The first-order valence-corrected chi connectivity index (χ1v) is 22.7. The van der Waals surface area contributed by atoms with Gasteiger partial charge in [0.15, 0.2) is 0 Å². The van der Waals surface area contributed by atoms with Gasteiger partial charge in [0, 0.05) is 54.9 Å². The van der Waals surface area contributed by atoms with Gasteiger partial charge in [-0.3, -0.25) is 9.97 Å². The van der Waals surface area contributed by atoms with E-state index in [4.69, 9.17) is 19.0 Å². The maximum Gasteiger partial charge on any atom is 0.245 e. The van der Waals surface area contributed by atoms with Gasteiger partial charge in [-0.05, 0) is 98.9 Å². The molecule has 0 unspecified atom stereocenters. The number of rotatable bonds is 20. The average molecular weight is 839 g/mol. The van der Waals surface area contributed by atoms with Crippen LogP contribution in [0.25, 0.3) is 10.9 Å². The Morgan fingerprint density at radius 1 is 1.03 bits per heavy atom. The number of hydrogen-bond acceptors (Lipinski definition) is 11. The molecule has 0 radical (unpaired) electrons. The lowest BCUT2D eigenvalue weighted by Gasteiger charge is -2.59. The van der Waals surface area contributed by atoms with E-state index in [1.54, 1.807) is 34.8 Å². The van der Waals surface area contributed by atoms with Crippen LogP contribution in [0.3, 0.4) is 0 Å². The van der Waals surface area contributed by atoms with E-state index in [9.17, 15) is 10.2 Å². The number of aromatic nitrogens is 2. The second kappa shape index (κ2) is 19.4. The summed E-state index contributed by atoms with van der Waals surface area (Å²) in [6, 6.07) is 19.7. The molecule has 0 spiro atoms. The van der Waals surface area contributed by atoms with Crippen molar-refractivity contribution in [2.45, 2.75) is 94.5 Å². The Morgan fingerprint density at radius 3 is 2.57 bits per heavy atom. The highest BCUT2D eigenvalue weighted by Gasteiger charge is 2.66. The average Bonchev–Trinajstić information content (AvgIpc) is 3.25. The summed E-state index contributed by atoms with van der Waals surface area (Å²) in [5.41, 5.74) is 4.56. The Labute approximate surface area is 354 Å². The van der Waals surface area contributed by atoms with Crippen LogP contribution in [-0.2, 0) is 26.2 Å². The number of fused-ring (bicyclic) bond motifs is 3. The number of ether oxygens (including phenoxy) is 3. The van der Waals surface area contributed by atoms with E-state index in [-0.39, 0.29) is 62.0 Å². The van der Waals surface area contributed by atoms with Gasteiger partial charge >= 0.3 is 0 Å². The number of para-hydroxylation sites is 1. The Hall–Kier alpha value is -4.66. The van der Waals surface area contributed by atoms with Gasteiger partial charge in [0.2, 0.25) is 15.8 Å². The maximum absolute atomic E-state index is 15.4. The fourth-order valence-corrected chi connectivity index (χ4v) is 11.6. The van der Waals surface area contributed by atoms with Crippen LogP contribution in [0.4, 0.5) is 0 Å². The quantitative estimate of drug-likeness (QED) is 0.0511. The zero-order valence-corrected chi connectivity index (χ0v) is 35.7. The molecule has 60 heavy (non-hydrogen) atoms. The first-order chi connectivity index (χ1) is 29.2. The first kappa shape index (κ1) is 43.4. The minimum atomic E-state index is -4.25. The van der Waals surface area contributed by atoms with E-state index in [1.807, 2.05) is 56.3 Å². The molecule has 7 rings (SSSR count). The molecule has 4 aromatic rings. The summed E-state index contributed by atoms with van der Waals surface area (Å²) in [4.78, 5) is 14.9. The molecule has 0 bridgehead atoms. The fourth-order valence-electron chi connectivity index (χ4n) is 9.74. The lowest BCUT2D eigenvalue weighted by molar-refractivity contribution is -0.251. The number of benzene rings is 2.